The number of rotatable bonds is 6. The number of benzene rings is 2. The van der Waals surface area contributed by atoms with Crippen LogP contribution in [-0.4, -0.2) is 46.3 Å². The number of hydrogen-bond acceptors (Lipinski definition) is 9. The average molecular weight is 513 g/mol. The molecule has 1 aliphatic heterocycles. The van der Waals surface area contributed by atoms with Crippen molar-refractivity contribution in [3.63, 3.8) is 0 Å². The van der Waals surface area contributed by atoms with Gasteiger partial charge in [0, 0.05) is 24.2 Å². The van der Waals surface area contributed by atoms with E-state index in [9.17, 15) is 4.79 Å². The summed E-state index contributed by atoms with van der Waals surface area (Å²) in [5, 5.41) is 11.8. The Bertz CT molecular complexity index is 1540. The molecule has 0 spiro atoms. The standard InChI is InChI=1S/C27H24N6O3S/c1-35-19-12-10-18(11-13-19)25-31-32-26(36-25)30-24(34)20-16-21(17-8-4-2-5-9-17)28-23-22(20)37-27(29-23)33-14-6-3-7-15-33/h2,4-5,8-13,16H,3,6-7,14-15H2,1H3,(H,30,32,34). The third-order valence-electron chi connectivity index (χ3n) is 6.27. The summed E-state index contributed by atoms with van der Waals surface area (Å²) in [6, 6.07) is 18.8. The normalized spacial score (nSPS) is 13.6. The molecule has 2 aromatic carbocycles. The lowest BCUT2D eigenvalue weighted by Crippen LogP contribution is -2.29. The first-order chi connectivity index (χ1) is 18.2. The summed E-state index contributed by atoms with van der Waals surface area (Å²) >= 11 is 1.49. The van der Waals surface area contributed by atoms with E-state index in [0.29, 0.717) is 22.8 Å². The summed E-state index contributed by atoms with van der Waals surface area (Å²) in [7, 11) is 1.60. The fourth-order valence-electron chi connectivity index (χ4n) is 4.34. The Morgan fingerprint density at radius 3 is 2.51 bits per heavy atom. The third-order valence-corrected chi connectivity index (χ3v) is 7.41. The van der Waals surface area contributed by atoms with Crippen LogP contribution in [0.25, 0.3) is 33.1 Å². The highest BCUT2D eigenvalue weighted by Gasteiger charge is 2.22. The minimum Gasteiger partial charge on any atom is -0.497 e. The first-order valence-corrected chi connectivity index (χ1v) is 12.9. The van der Waals surface area contributed by atoms with Crippen LogP contribution in [0.1, 0.15) is 29.6 Å². The molecule has 0 atom stereocenters. The Morgan fingerprint density at radius 2 is 1.76 bits per heavy atom. The van der Waals surface area contributed by atoms with E-state index in [4.69, 9.17) is 19.1 Å². The number of thiazole rings is 1. The number of carbonyl (C=O) groups excluding carboxylic acids is 1. The van der Waals surface area contributed by atoms with Gasteiger partial charge in [-0.25, -0.2) is 4.98 Å². The molecule has 0 saturated carbocycles. The van der Waals surface area contributed by atoms with E-state index >= 15 is 0 Å². The van der Waals surface area contributed by atoms with Gasteiger partial charge in [0.2, 0.25) is 5.89 Å². The van der Waals surface area contributed by atoms with Crippen molar-refractivity contribution in [1.29, 1.82) is 0 Å². The van der Waals surface area contributed by atoms with E-state index in [2.05, 4.69) is 20.4 Å². The highest BCUT2D eigenvalue weighted by molar-refractivity contribution is 7.22. The Morgan fingerprint density at radius 1 is 0.973 bits per heavy atom. The summed E-state index contributed by atoms with van der Waals surface area (Å²) in [4.78, 5) is 25.4. The van der Waals surface area contributed by atoms with Crippen molar-refractivity contribution in [3.05, 3.63) is 66.2 Å². The molecule has 9 nitrogen and oxygen atoms in total. The fraction of sp³-hybridized carbons (Fsp3) is 0.222. The molecule has 0 bridgehead atoms. The second-order valence-corrected chi connectivity index (χ2v) is 9.69. The van der Waals surface area contributed by atoms with Gasteiger partial charge < -0.3 is 14.1 Å². The van der Waals surface area contributed by atoms with Crippen LogP contribution in [0.5, 0.6) is 5.75 Å². The van der Waals surface area contributed by atoms with Crippen molar-refractivity contribution in [2.75, 3.05) is 30.4 Å². The lowest BCUT2D eigenvalue weighted by molar-refractivity contribution is 0.102. The van der Waals surface area contributed by atoms with Gasteiger partial charge in [0.25, 0.3) is 5.91 Å². The number of hydrogen-bond donors (Lipinski definition) is 1. The molecule has 5 aromatic rings. The average Bonchev–Trinajstić information content (AvgIpc) is 3.61. The van der Waals surface area contributed by atoms with Gasteiger partial charge in [-0.1, -0.05) is 46.8 Å². The summed E-state index contributed by atoms with van der Waals surface area (Å²) in [5.41, 5.74) is 3.33. The molecule has 186 valence electrons. The topological polar surface area (TPSA) is 106 Å². The van der Waals surface area contributed by atoms with Gasteiger partial charge in [-0.3, -0.25) is 10.1 Å². The lowest BCUT2D eigenvalue weighted by Gasteiger charge is -2.25. The predicted octanol–water partition coefficient (Wildman–Crippen LogP) is 5.66. The van der Waals surface area contributed by atoms with Crippen molar-refractivity contribution in [2.24, 2.45) is 0 Å². The molecule has 0 radical (unpaired) electrons. The van der Waals surface area contributed by atoms with Gasteiger partial charge in [0.05, 0.1) is 23.1 Å². The van der Waals surface area contributed by atoms with E-state index in [1.54, 1.807) is 25.3 Å². The van der Waals surface area contributed by atoms with E-state index < -0.39 is 0 Å². The molecule has 4 heterocycles. The quantitative estimate of drug-likeness (QED) is 0.311. The summed E-state index contributed by atoms with van der Waals surface area (Å²) < 4.78 is 11.7. The minimum absolute atomic E-state index is 0.0165. The number of methoxy groups -OCH3 is 1. The van der Waals surface area contributed by atoms with Crippen LogP contribution in [0.15, 0.2) is 65.1 Å². The number of pyridine rings is 1. The van der Waals surface area contributed by atoms with Gasteiger partial charge >= 0.3 is 6.01 Å². The molecule has 6 rings (SSSR count). The van der Waals surface area contributed by atoms with Gasteiger partial charge in [0.15, 0.2) is 10.8 Å². The molecule has 0 unspecified atom stereocenters. The van der Waals surface area contributed by atoms with E-state index in [-0.39, 0.29) is 11.9 Å². The van der Waals surface area contributed by atoms with Crippen LogP contribution in [-0.2, 0) is 0 Å². The van der Waals surface area contributed by atoms with E-state index in [0.717, 1.165) is 52.6 Å². The highest BCUT2D eigenvalue weighted by atomic mass is 32.1. The maximum atomic E-state index is 13.5. The molecule has 1 saturated heterocycles. The maximum Gasteiger partial charge on any atom is 0.322 e. The third kappa shape index (κ3) is 4.75. The number of anilines is 2. The van der Waals surface area contributed by atoms with Crippen LogP contribution >= 0.6 is 11.3 Å². The summed E-state index contributed by atoms with van der Waals surface area (Å²) in [6.07, 6.45) is 3.51. The fourth-order valence-corrected chi connectivity index (χ4v) is 5.41. The second-order valence-electron chi connectivity index (χ2n) is 8.71. The van der Waals surface area contributed by atoms with Crippen LogP contribution in [0.2, 0.25) is 0 Å². The van der Waals surface area contributed by atoms with Gasteiger partial charge in [-0.15, -0.1) is 5.10 Å². The molecule has 10 heteroatoms. The largest absolute Gasteiger partial charge is 0.497 e. The molecular weight excluding hydrogens is 488 g/mol. The maximum absolute atomic E-state index is 13.5. The zero-order valence-corrected chi connectivity index (χ0v) is 21.0. The molecule has 37 heavy (non-hydrogen) atoms. The first-order valence-electron chi connectivity index (χ1n) is 12.1. The number of aromatic nitrogens is 4. The van der Waals surface area contributed by atoms with Crippen molar-refractivity contribution in [2.45, 2.75) is 19.3 Å². The molecular formula is C27H24N6O3S. The molecule has 1 fully saturated rings. The summed E-state index contributed by atoms with van der Waals surface area (Å²) in [6.45, 7) is 1.92. The Kier molecular flexibility index (Phi) is 6.23. The zero-order valence-electron chi connectivity index (χ0n) is 20.2. The van der Waals surface area contributed by atoms with Crippen LogP contribution in [0.3, 0.4) is 0 Å². The highest BCUT2D eigenvalue weighted by Crippen LogP contribution is 2.34. The SMILES string of the molecule is COc1ccc(-c2nnc(NC(=O)c3cc(-c4ccccc4)nc4nc(N5CCCCC5)sc34)o2)cc1. The van der Waals surface area contributed by atoms with Crippen LogP contribution in [0.4, 0.5) is 11.1 Å². The number of carbonyl (C=O) groups is 1. The Hall–Kier alpha value is -4.31. The van der Waals surface area contributed by atoms with Gasteiger partial charge in [-0.2, -0.15) is 4.98 Å². The molecule has 1 N–H and O–H groups in total. The number of fused-ring (bicyclic) bond motifs is 1. The molecule has 1 amide bonds. The molecule has 3 aromatic heterocycles. The van der Waals surface area contributed by atoms with Crippen LogP contribution < -0.4 is 15.0 Å². The number of ether oxygens (including phenoxy) is 1. The summed E-state index contributed by atoms with van der Waals surface area (Å²) in [5.74, 6) is 0.664. The first kappa shape index (κ1) is 23.1. The second kappa shape index (κ2) is 9.98. The van der Waals surface area contributed by atoms with Crippen LogP contribution in [0, 0.1) is 0 Å². The number of piperidine rings is 1. The van der Waals surface area contributed by atoms with E-state index in [1.165, 1.54) is 17.8 Å². The molecule has 1 aliphatic rings. The number of nitrogens with one attached hydrogen (secondary N) is 1. The zero-order chi connectivity index (χ0) is 25.2. The molecule has 0 aliphatic carbocycles. The van der Waals surface area contributed by atoms with Crippen molar-refractivity contribution < 1.29 is 13.9 Å². The Labute approximate surface area is 217 Å². The number of nitrogens with zero attached hydrogens (tertiary/aromatic N) is 5. The van der Waals surface area contributed by atoms with E-state index in [1.807, 2.05) is 42.5 Å². The van der Waals surface area contributed by atoms with Gasteiger partial charge in [0.1, 0.15) is 5.75 Å². The minimum atomic E-state index is -0.358. The monoisotopic (exact) mass is 512 g/mol. The number of amides is 1. The predicted molar refractivity (Wildman–Crippen MR) is 143 cm³/mol. The van der Waals surface area contributed by atoms with Crippen molar-refractivity contribution >= 4 is 38.7 Å². The smallest absolute Gasteiger partial charge is 0.322 e. The van der Waals surface area contributed by atoms with Crippen molar-refractivity contribution in [3.8, 4) is 28.5 Å². The van der Waals surface area contributed by atoms with Crippen molar-refractivity contribution in [1.82, 2.24) is 20.2 Å². The Balaban J connectivity index is 1.34. The lowest BCUT2D eigenvalue weighted by atomic mass is 10.1. The van der Waals surface area contributed by atoms with Gasteiger partial charge in [-0.05, 0) is 49.6 Å².